The van der Waals surface area contributed by atoms with Crippen molar-refractivity contribution in [2.45, 2.75) is 81.6 Å². The van der Waals surface area contributed by atoms with Gasteiger partial charge in [-0.15, -0.1) is 0 Å². The topological polar surface area (TPSA) is 108 Å². The molecule has 9 heteroatoms. The molecule has 34 heavy (non-hydrogen) atoms. The van der Waals surface area contributed by atoms with Crippen LogP contribution in [0.1, 0.15) is 56.6 Å². The number of sulfonamides is 1. The molecule has 1 unspecified atom stereocenters. The smallest absolute Gasteiger partial charge is 0.214 e. The minimum atomic E-state index is -3.66. The van der Waals surface area contributed by atoms with Crippen LogP contribution in [0.5, 0.6) is 5.75 Å². The fourth-order valence-corrected chi connectivity index (χ4v) is 8.99. The van der Waals surface area contributed by atoms with E-state index in [1.807, 2.05) is 6.07 Å². The van der Waals surface area contributed by atoms with E-state index in [2.05, 4.69) is 21.0 Å². The first kappa shape index (κ1) is 22.8. The van der Waals surface area contributed by atoms with Crippen LogP contribution in [0.2, 0.25) is 0 Å². The third kappa shape index (κ3) is 3.50. The van der Waals surface area contributed by atoms with Crippen molar-refractivity contribution in [3.63, 3.8) is 0 Å². The molecule has 2 aliphatic heterocycles. The molecule has 6 atom stereocenters. The Morgan fingerprint density at radius 2 is 2.12 bits per heavy atom. The number of rotatable bonds is 9. The van der Waals surface area contributed by atoms with Crippen molar-refractivity contribution in [3.8, 4) is 5.75 Å². The standard InChI is InChI=1S/C25H35N3O5S/c1-2-17(30)13-34(31,32)27-20-8-6-18-21-11-16-5-7-19(26-14-29)23-22(16)25(18,24(20)33-23)9-10-28(21)12-15-3-4-15/h5,7,14-15,17-18,20-21,24,27,30H,2-4,6,8-13H2,1H3,(H,26,29)/t17?,18-,20+,21+,24-,25-/m0/s1. The zero-order valence-electron chi connectivity index (χ0n) is 19.7. The van der Waals surface area contributed by atoms with Crippen molar-refractivity contribution in [3.05, 3.63) is 23.3 Å². The number of nitrogens with one attached hydrogen (secondary N) is 2. The maximum atomic E-state index is 12.9. The van der Waals surface area contributed by atoms with Crippen LogP contribution in [0.15, 0.2) is 12.1 Å². The third-order valence-electron chi connectivity index (χ3n) is 9.07. The van der Waals surface area contributed by atoms with E-state index in [4.69, 9.17) is 4.74 Å². The summed E-state index contributed by atoms with van der Waals surface area (Å²) >= 11 is 0. The number of nitrogens with zero attached hydrogens (tertiary/aromatic N) is 1. The Morgan fingerprint density at radius 1 is 1.29 bits per heavy atom. The zero-order valence-corrected chi connectivity index (χ0v) is 20.5. The minimum Gasteiger partial charge on any atom is -0.485 e. The van der Waals surface area contributed by atoms with Crippen LogP contribution in [0.3, 0.4) is 0 Å². The highest BCUT2D eigenvalue weighted by atomic mass is 32.2. The van der Waals surface area contributed by atoms with E-state index >= 15 is 0 Å². The summed E-state index contributed by atoms with van der Waals surface area (Å²) in [5, 5.41) is 12.8. The Morgan fingerprint density at radius 3 is 2.85 bits per heavy atom. The van der Waals surface area contributed by atoms with Gasteiger partial charge in [-0.1, -0.05) is 13.0 Å². The molecule has 1 aromatic rings. The number of hydrogen-bond donors (Lipinski definition) is 3. The zero-order chi connectivity index (χ0) is 23.7. The molecule has 6 rings (SSSR count). The van der Waals surface area contributed by atoms with Gasteiger partial charge in [0.2, 0.25) is 16.4 Å². The number of carbonyl (C=O) groups is 1. The summed E-state index contributed by atoms with van der Waals surface area (Å²) in [5.74, 6) is 1.67. The number of benzene rings is 1. The lowest BCUT2D eigenvalue weighted by Crippen LogP contribution is -2.69. The Kier molecular flexibility index (Phi) is 5.48. The lowest BCUT2D eigenvalue weighted by atomic mass is 9.51. The summed E-state index contributed by atoms with van der Waals surface area (Å²) in [5.41, 5.74) is 2.90. The normalized spacial score (nSPS) is 34.8. The molecule has 5 aliphatic rings. The monoisotopic (exact) mass is 489 g/mol. The van der Waals surface area contributed by atoms with Crippen molar-refractivity contribution in [2.24, 2.45) is 11.8 Å². The molecule has 0 aromatic heterocycles. The maximum Gasteiger partial charge on any atom is 0.214 e. The maximum absolute atomic E-state index is 12.9. The average molecular weight is 490 g/mol. The van der Waals surface area contributed by atoms with Gasteiger partial charge < -0.3 is 15.2 Å². The van der Waals surface area contributed by atoms with Crippen molar-refractivity contribution >= 4 is 22.1 Å². The fraction of sp³-hybridized carbons (Fsp3) is 0.720. The molecule has 1 saturated heterocycles. The number of anilines is 1. The Labute approximate surface area is 201 Å². The number of aliphatic hydroxyl groups excluding tert-OH is 1. The highest BCUT2D eigenvalue weighted by molar-refractivity contribution is 7.89. The van der Waals surface area contributed by atoms with Gasteiger partial charge >= 0.3 is 0 Å². The molecule has 3 N–H and O–H groups in total. The second-order valence-electron chi connectivity index (χ2n) is 11.0. The molecule has 1 amide bonds. The summed E-state index contributed by atoms with van der Waals surface area (Å²) < 4.78 is 35.4. The van der Waals surface area contributed by atoms with E-state index in [1.54, 1.807) is 6.92 Å². The number of hydrogen-bond acceptors (Lipinski definition) is 6. The largest absolute Gasteiger partial charge is 0.485 e. The van der Waals surface area contributed by atoms with Gasteiger partial charge in [-0.3, -0.25) is 9.69 Å². The van der Waals surface area contributed by atoms with Gasteiger partial charge in [-0.2, -0.15) is 0 Å². The molecule has 1 aromatic carbocycles. The molecule has 3 fully saturated rings. The second-order valence-corrected chi connectivity index (χ2v) is 12.8. The summed E-state index contributed by atoms with van der Waals surface area (Å²) in [6.45, 7) is 3.94. The predicted molar refractivity (Wildman–Crippen MR) is 128 cm³/mol. The summed E-state index contributed by atoms with van der Waals surface area (Å²) in [4.78, 5) is 14.0. The second kappa shape index (κ2) is 8.18. The quantitative estimate of drug-likeness (QED) is 0.456. The van der Waals surface area contributed by atoms with Gasteiger partial charge in [-0.25, -0.2) is 13.1 Å². The van der Waals surface area contributed by atoms with Crippen LogP contribution in [-0.4, -0.2) is 68.0 Å². The van der Waals surface area contributed by atoms with Gasteiger partial charge in [0.25, 0.3) is 0 Å². The van der Waals surface area contributed by atoms with E-state index < -0.39 is 16.1 Å². The number of piperidine rings is 1. The van der Waals surface area contributed by atoms with Crippen LogP contribution >= 0.6 is 0 Å². The highest BCUT2D eigenvalue weighted by Crippen LogP contribution is 2.63. The van der Waals surface area contributed by atoms with Crippen LogP contribution in [0, 0.1) is 11.8 Å². The highest BCUT2D eigenvalue weighted by Gasteiger charge is 2.66. The molecule has 2 saturated carbocycles. The Balaban J connectivity index is 1.39. The van der Waals surface area contributed by atoms with Crippen LogP contribution in [-0.2, 0) is 26.7 Å². The van der Waals surface area contributed by atoms with E-state index in [0.717, 1.165) is 37.5 Å². The molecule has 3 aliphatic carbocycles. The fourth-order valence-electron chi connectivity index (χ4n) is 7.45. The molecule has 2 bridgehead atoms. The molecule has 8 nitrogen and oxygen atoms in total. The summed E-state index contributed by atoms with van der Waals surface area (Å²) in [6, 6.07) is 4.15. The van der Waals surface area contributed by atoms with E-state index in [-0.39, 0.29) is 23.3 Å². The molecule has 186 valence electrons. The number of ether oxygens (including phenoxy) is 1. The van der Waals surface area contributed by atoms with E-state index in [1.165, 1.54) is 30.5 Å². The van der Waals surface area contributed by atoms with Gasteiger partial charge in [-0.05, 0) is 75.0 Å². The van der Waals surface area contributed by atoms with Gasteiger partial charge in [0.15, 0.2) is 0 Å². The predicted octanol–water partition coefficient (Wildman–Crippen LogP) is 1.76. The Bertz CT molecular complexity index is 1090. The number of aliphatic hydroxyl groups is 1. The summed E-state index contributed by atoms with van der Waals surface area (Å²) in [6.07, 6.45) is 6.12. The van der Waals surface area contributed by atoms with E-state index in [0.29, 0.717) is 36.9 Å². The Hall–Kier alpha value is -1.68. The van der Waals surface area contributed by atoms with Crippen LogP contribution < -0.4 is 14.8 Å². The van der Waals surface area contributed by atoms with Crippen molar-refractivity contribution in [1.82, 2.24) is 9.62 Å². The molecule has 1 spiro atoms. The van der Waals surface area contributed by atoms with Crippen molar-refractivity contribution in [1.29, 1.82) is 0 Å². The van der Waals surface area contributed by atoms with E-state index in [9.17, 15) is 18.3 Å². The number of carbonyl (C=O) groups excluding carboxylic acids is 1. The van der Waals surface area contributed by atoms with Gasteiger partial charge in [0, 0.05) is 23.6 Å². The van der Waals surface area contributed by atoms with Gasteiger partial charge in [0.1, 0.15) is 11.9 Å². The molecular weight excluding hydrogens is 454 g/mol. The molecular formula is C25H35N3O5S. The lowest BCUT2D eigenvalue weighted by Gasteiger charge is -2.59. The lowest BCUT2D eigenvalue weighted by molar-refractivity contribution is -0.105. The minimum absolute atomic E-state index is 0.247. The van der Waals surface area contributed by atoms with Crippen LogP contribution in [0.25, 0.3) is 0 Å². The van der Waals surface area contributed by atoms with Gasteiger partial charge in [0.05, 0.1) is 23.6 Å². The van der Waals surface area contributed by atoms with Crippen molar-refractivity contribution in [2.75, 3.05) is 24.2 Å². The average Bonchev–Trinajstić information content (AvgIpc) is 3.55. The SMILES string of the molecule is CCC(O)CS(=O)(=O)N[C@@H]1CC[C@H]2[C@H]3Cc4ccc(NC=O)c5c4[C@@]2(CCN3CC2CC2)[C@H]1O5. The molecule has 0 radical (unpaired) electrons. The number of amides is 1. The molecule has 2 heterocycles. The first-order valence-electron chi connectivity index (χ1n) is 12.8. The first-order valence-corrected chi connectivity index (χ1v) is 14.5. The van der Waals surface area contributed by atoms with Crippen molar-refractivity contribution < 1.29 is 23.1 Å². The first-order chi connectivity index (χ1) is 16.4. The summed E-state index contributed by atoms with van der Waals surface area (Å²) in [7, 11) is -3.66. The number of likely N-dealkylation sites (tertiary alicyclic amines) is 1. The third-order valence-corrected chi connectivity index (χ3v) is 10.6. The van der Waals surface area contributed by atoms with Crippen LogP contribution in [0.4, 0.5) is 5.69 Å².